The van der Waals surface area contributed by atoms with Crippen LogP contribution in [0.4, 0.5) is 17.1 Å². The molecule has 0 atom stereocenters. The van der Waals surface area contributed by atoms with E-state index in [2.05, 4.69) is 217 Å². The molecule has 0 amide bonds. The monoisotopic (exact) mass is 697 g/mol. The van der Waals surface area contributed by atoms with Crippen LogP contribution in [0.2, 0.25) is 0 Å². The lowest BCUT2D eigenvalue weighted by Gasteiger charge is -2.26. The van der Waals surface area contributed by atoms with Gasteiger partial charge in [-0.15, -0.1) is 0 Å². The number of hydrogen-bond acceptors (Lipinski definition) is 1. The molecule has 0 heterocycles. The zero-order chi connectivity index (χ0) is 36.3. The fourth-order valence-corrected chi connectivity index (χ4v) is 9.07. The van der Waals surface area contributed by atoms with Crippen molar-refractivity contribution in [2.75, 3.05) is 4.90 Å². The summed E-state index contributed by atoms with van der Waals surface area (Å²) < 4.78 is 0. The lowest BCUT2D eigenvalue weighted by Crippen LogP contribution is -2.09. The van der Waals surface area contributed by atoms with E-state index in [-0.39, 0.29) is 0 Å². The highest BCUT2D eigenvalue weighted by Gasteiger charge is 2.24. The molecule has 0 saturated carbocycles. The minimum absolute atomic E-state index is 1.11. The summed E-state index contributed by atoms with van der Waals surface area (Å²) in [4.78, 5) is 2.33. The average molecular weight is 698 g/mol. The van der Waals surface area contributed by atoms with Gasteiger partial charge in [-0.05, 0) is 129 Å². The van der Waals surface area contributed by atoms with Crippen molar-refractivity contribution in [1.29, 1.82) is 0 Å². The molecule has 256 valence electrons. The first-order valence-corrected chi connectivity index (χ1v) is 19.0. The minimum Gasteiger partial charge on any atom is -0.311 e. The molecule has 11 aromatic rings. The summed E-state index contributed by atoms with van der Waals surface area (Å²) in [6, 6.07) is 77.7. The Balaban J connectivity index is 1.30. The first-order chi connectivity index (χ1) is 27.3. The van der Waals surface area contributed by atoms with Crippen LogP contribution in [0.5, 0.6) is 0 Å². The van der Waals surface area contributed by atoms with Gasteiger partial charge in [0.05, 0.1) is 0 Å². The van der Waals surface area contributed by atoms with Gasteiger partial charge in [0.25, 0.3) is 0 Å². The van der Waals surface area contributed by atoms with Crippen molar-refractivity contribution >= 4 is 81.7 Å². The highest BCUT2D eigenvalue weighted by Crippen LogP contribution is 2.52. The van der Waals surface area contributed by atoms with Crippen LogP contribution in [0.1, 0.15) is 0 Å². The second-order valence-corrected chi connectivity index (χ2v) is 14.4. The standard InChI is InChI=1S/C54H35N/c1-3-19-39(20-4-1)55(40-21-5-2-6-22-40)41-33-31-36(32-34-41)50-48-29-15-16-30-49(48)53(51-42-23-9-7-17-37(42)35-38-18-8-10-24-43(38)51)54-47-28-14-12-26-45(47)44-25-11-13-27-46(44)52(50)54/h1-35H. The van der Waals surface area contributed by atoms with Crippen LogP contribution in [0.15, 0.2) is 212 Å². The highest BCUT2D eigenvalue weighted by atomic mass is 15.1. The average Bonchev–Trinajstić information content (AvgIpc) is 3.26. The number of benzene rings is 11. The molecular weight excluding hydrogens is 663 g/mol. The maximum Gasteiger partial charge on any atom is 0.0462 e. The number of hydrogen-bond donors (Lipinski definition) is 0. The molecule has 0 fully saturated rings. The van der Waals surface area contributed by atoms with Gasteiger partial charge in [0.1, 0.15) is 0 Å². The molecule has 0 aromatic heterocycles. The largest absolute Gasteiger partial charge is 0.311 e. The Labute approximate surface area is 320 Å². The summed E-state index contributed by atoms with van der Waals surface area (Å²) in [6.45, 7) is 0. The van der Waals surface area contributed by atoms with Crippen LogP contribution in [0, 0.1) is 0 Å². The number of fused-ring (bicyclic) bond motifs is 9. The summed E-state index contributed by atoms with van der Waals surface area (Å²) in [6.07, 6.45) is 0. The van der Waals surface area contributed by atoms with Crippen LogP contribution < -0.4 is 4.90 Å². The van der Waals surface area contributed by atoms with Gasteiger partial charge in [0.15, 0.2) is 0 Å². The van der Waals surface area contributed by atoms with Gasteiger partial charge >= 0.3 is 0 Å². The fraction of sp³-hybridized carbons (Fsp3) is 0. The normalized spacial score (nSPS) is 11.6. The van der Waals surface area contributed by atoms with E-state index in [1.807, 2.05) is 0 Å². The van der Waals surface area contributed by atoms with E-state index < -0.39 is 0 Å². The van der Waals surface area contributed by atoms with E-state index in [0.29, 0.717) is 0 Å². The van der Waals surface area contributed by atoms with Crippen LogP contribution in [-0.2, 0) is 0 Å². The topological polar surface area (TPSA) is 3.24 Å². The number of para-hydroxylation sites is 2. The third kappa shape index (κ3) is 4.94. The summed E-state index contributed by atoms with van der Waals surface area (Å²) >= 11 is 0. The predicted octanol–water partition coefficient (Wildman–Crippen LogP) is 15.4. The third-order valence-corrected chi connectivity index (χ3v) is 11.4. The van der Waals surface area contributed by atoms with Gasteiger partial charge in [0.2, 0.25) is 0 Å². The zero-order valence-corrected chi connectivity index (χ0v) is 30.2. The maximum absolute atomic E-state index is 2.34. The highest BCUT2D eigenvalue weighted by molar-refractivity contribution is 6.38. The van der Waals surface area contributed by atoms with Gasteiger partial charge in [-0.1, -0.05) is 170 Å². The van der Waals surface area contributed by atoms with Crippen LogP contribution >= 0.6 is 0 Å². The summed E-state index contributed by atoms with van der Waals surface area (Å²) in [5.74, 6) is 0. The van der Waals surface area contributed by atoms with Crippen molar-refractivity contribution in [1.82, 2.24) is 0 Å². The summed E-state index contributed by atoms with van der Waals surface area (Å²) in [5.41, 5.74) is 8.41. The van der Waals surface area contributed by atoms with Crippen molar-refractivity contribution in [2.45, 2.75) is 0 Å². The predicted molar refractivity (Wildman–Crippen MR) is 237 cm³/mol. The Bertz CT molecular complexity index is 3140. The Hall–Kier alpha value is -7.22. The molecule has 55 heavy (non-hydrogen) atoms. The van der Waals surface area contributed by atoms with Gasteiger partial charge < -0.3 is 4.90 Å². The number of rotatable bonds is 5. The molecule has 0 spiro atoms. The lowest BCUT2D eigenvalue weighted by atomic mass is 9.79. The van der Waals surface area contributed by atoms with Crippen molar-refractivity contribution in [3.05, 3.63) is 212 Å². The van der Waals surface area contributed by atoms with Crippen molar-refractivity contribution < 1.29 is 0 Å². The SMILES string of the molecule is c1ccc(N(c2ccccc2)c2ccc(-c3c4ccccc4c(-c4c5ccccc5cc5ccccc45)c4c5ccccc5c5ccccc5c34)cc2)cc1. The van der Waals surface area contributed by atoms with Gasteiger partial charge in [-0.25, -0.2) is 0 Å². The Morgan fingerprint density at radius 1 is 0.236 bits per heavy atom. The molecule has 1 nitrogen and oxygen atoms in total. The van der Waals surface area contributed by atoms with Crippen LogP contribution in [0.25, 0.3) is 86.9 Å². The third-order valence-electron chi connectivity index (χ3n) is 11.4. The van der Waals surface area contributed by atoms with E-state index >= 15 is 0 Å². The minimum atomic E-state index is 1.11. The molecular formula is C54H35N. The Kier molecular flexibility index (Phi) is 7.25. The second-order valence-electron chi connectivity index (χ2n) is 14.4. The van der Waals surface area contributed by atoms with Crippen LogP contribution in [0.3, 0.4) is 0 Å². The van der Waals surface area contributed by atoms with E-state index in [4.69, 9.17) is 0 Å². The van der Waals surface area contributed by atoms with Gasteiger partial charge in [-0.2, -0.15) is 0 Å². The molecule has 0 aliphatic rings. The molecule has 11 aromatic carbocycles. The molecule has 0 aliphatic heterocycles. The summed E-state index contributed by atoms with van der Waals surface area (Å²) in [5, 5.41) is 15.2. The van der Waals surface area contributed by atoms with Gasteiger partial charge in [0, 0.05) is 17.1 Å². The van der Waals surface area contributed by atoms with E-state index in [0.717, 1.165) is 17.1 Å². The fourth-order valence-electron chi connectivity index (χ4n) is 9.07. The van der Waals surface area contributed by atoms with Gasteiger partial charge in [-0.3, -0.25) is 0 Å². The maximum atomic E-state index is 2.34. The number of anilines is 3. The molecule has 0 unspecified atom stereocenters. The quantitative estimate of drug-likeness (QED) is 0.128. The van der Waals surface area contributed by atoms with Crippen molar-refractivity contribution in [3.63, 3.8) is 0 Å². The Morgan fingerprint density at radius 2 is 0.600 bits per heavy atom. The molecule has 0 aliphatic carbocycles. The van der Waals surface area contributed by atoms with E-state index in [9.17, 15) is 0 Å². The van der Waals surface area contributed by atoms with E-state index in [1.165, 1.54) is 86.9 Å². The van der Waals surface area contributed by atoms with E-state index in [1.54, 1.807) is 0 Å². The second kappa shape index (κ2) is 12.7. The molecule has 0 bridgehead atoms. The Morgan fingerprint density at radius 3 is 1.11 bits per heavy atom. The first-order valence-electron chi connectivity index (χ1n) is 19.0. The zero-order valence-electron chi connectivity index (χ0n) is 30.2. The molecule has 0 saturated heterocycles. The van der Waals surface area contributed by atoms with Crippen molar-refractivity contribution in [3.8, 4) is 22.3 Å². The molecule has 11 rings (SSSR count). The number of nitrogens with zero attached hydrogens (tertiary/aromatic N) is 1. The van der Waals surface area contributed by atoms with Crippen LogP contribution in [-0.4, -0.2) is 0 Å². The lowest BCUT2D eigenvalue weighted by molar-refractivity contribution is 1.28. The smallest absolute Gasteiger partial charge is 0.0462 e. The van der Waals surface area contributed by atoms with Crippen molar-refractivity contribution in [2.24, 2.45) is 0 Å². The summed E-state index contributed by atoms with van der Waals surface area (Å²) in [7, 11) is 0. The first kappa shape index (κ1) is 31.3. The molecule has 0 radical (unpaired) electrons. The molecule has 1 heteroatoms. The molecule has 0 N–H and O–H groups in total.